The summed E-state index contributed by atoms with van der Waals surface area (Å²) in [5.74, 6) is 0.0421. The number of nitrogens with zero attached hydrogens (tertiary/aromatic N) is 2. The maximum absolute atomic E-state index is 11.6. The fourth-order valence-electron chi connectivity index (χ4n) is 1.83. The number of pyridine rings is 1. The highest BCUT2D eigenvalue weighted by molar-refractivity contribution is 5.95. The van der Waals surface area contributed by atoms with Gasteiger partial charge in [-0.05, 0) is 24.3 Å². The first-order valence-corrected chi connectivity index (χ1v) is 6.39. The Kier molecular flexibility index (Phi) is 4.27. The van der Waals surface area contributed by atoms with Crippen molar-refractivity contribution in [1.29, 1.82) is 0 Å². The van der Waals surface area contributed by atoms with Crippen molar-refractivity contribution < 1.29 is 9.53 Å². The second-order valence-corrected chi connectivity index (χ2v) is 4.72. The highest BCUT2D eigenvalue weighted by Gasteiger charge is 2.11. The van der Waals surface area contributed by atoms with Crippen LogP contribution in [0, 0.1) is 0 Å². The van der Waals surface area contributed by atoms with Gasteiger partial charge < -0.3 is 20.7 Å². The monoisotopic (exact) mass is 286 g/mol. The molecule has 0 amide bonds. The Morgan fingerprint density at radius 3 is 2.76 bits per heavy atom. The van der Waals surface area contributed by atoms with Gasteiger partial charge in [0.1, 0.15) is 5.82 Å². The van der Waals surface area contributed by atoms with Crippen molar-refractivity contribution in [2.24, 2.45) is 0 Å². The Bertz CT molecular complexity index is 656. The second kappa shape index (κ2) is 6.13. The Balaban J connectivity index is 2.27. The summed E-state index contributed by atoms with van der Waals surface area (Å²) >= 11 is 0. The molecule has 6 nitrogen and oxygen atoms in total. The average molecular weight is 286 g/mol. The fraction of sp³-hybridized carbons (Fsp3) is 0.200. The molecular weight excluding hydrogens is 268 g/mol. The standard InChI is InChI=1S/C15H18N4O2/c1-19(2)11-6-4-5-10(7-11)18-14-8-12(15(20)21-3)13(16)9-17-14/h4-9H,16H2,1-3H3,(H,17,18). The van der Waals surface area contributed by atoms with Crippen LogP contribution in [0.15, 0.2) is 36.5 Å². The quantitative estimate of drug-likeness (QED) is 0.839. The van der Waals surface area contributed by atoms with Gasteiger partial charge in [-0.25, -0.2) is 9.78 Å². The molecule has 0 atom stereocenters. The molecule has 0 bridgehead atoms. The van der Waals surface area contributed by atoms with E-state index in [4.69, 9.17) is 10.5 Å². The lowest BCUT2D eigenvalue weighted by molar-refractivity contribution is 0.0602. The number of hydrogen-bond donors (Lipinski definition) is 2. The van der Waals surface area contributed by atoms with E-state index in [2.05, 4.69) is 10.3 Å². The van der Waals surface area contributed by atoms with Crippen LogP contribution in [0.2, 0.25) is 0 Å². The third kappa shape index (κ3) is 3.42. The summed E-state index contributed by atoms with van der Waals surface area (Å²) in [5, 5.41) is 3.14. The van der Waals surface area contributed by atoms with E-state index >= 15 is 0 Å². The first kappa shape index (κ1) is 14.6. The molecule has 21 heavy (non-hydrogen) atoms. The zero-order valence-electron chi connectivity index (χ0n) is 12.3. The Hall–Kier alpha value is -2.76. The van der Waals surface area contributed by atoms with Gasteiger partial charge in [0.2, 0.25) is 0 Å². The van der Waals surface area contributed by atoms with E-state index in [-0.39, 0.29) is 5.69 Å². The third-order valence-electron chi connectivity index (χ3n) is 2.98. The molecule has 2 rings (SSSR count). The van der Waals surface area contributed by atoms with Gasteiger partial charge in [-0.3, -0.25) is 0 Å². The highest BCUT2D eigenvalue weighted by Crippen LogP contribution is 2.22. The van der Waals surface area contributed by atoms with E-state index in [9.17, 15) is 4.79 Å². The largest absolute Gasteiger partial charge is 0.465 e. The number of hydrogen-bond acceptors (Lipinski definition) is 6. The number of methoxy groups -OCH3 is 1. The van der Waals surface area contributed by atoms with Crippen LogP contribution in [0.3, 0.4) is 0 Å². The van der Waals surface area contributed by atoms with E-state index in [1.54, 1.807) is 6.07 Å². The summed E-state index contributed by atoms with van der Waals surface area (Å²) in [7, 11) is 5.25. The van der Waals surface area contributed by atoms with Crippen LogP contribution in [0.1, 0.15) is 10.4 Å². The minimum absolute atomic E-state index is 0.287. The zero-order chi connectivity index (χ0) is 15.4. The van der Waals surface area contributed by atoms with Crippen LogP contribution < -0.4 is 16.0 Å². The molecule has 1 aromatic heterocycles. The van der Waals surface area contributed by atoms with Gasteiger partial charge >= 0.3 is 5.97 Å². The van der Waals surface area contributed by atoms with Crippen molar-refractivity contribution in [3.63, 3.8) is 0 Å². The molecule has 1 heterocycles. The summed E-state index contributed by atoms with van der Waals surface area (Å²) in [4.78, 5) is 17.8. The molecule has 3 N–H and O–H groups in total. The normalized spacial score (nSPS) is 10.0. The highest BCUT2D eigenvalue weighted by atomic mass is 16.5. The molecule has 6 heteroatoms. The van der Waals surface area contributed by atoms with E-state index in [0.717, 1.165) is 11.4 Å². The maximum Gasteiger partial charge on any atom is 0.340 e. The number of nitrogen functional groups attached to an aromatic ring is 1. The predicted octanol–water partition coefficient (Wildman–Crippen LogP) is 2.26. The van der Waals surface area contributed by atoms with Crippen LogP contribution in [-0.2, 0) is 4.74 Å². The number of rotatable bonds is 4. The van der Waals surface area contributed by atoms with Crippen molar-refractivity contribution in [1.82, 2.24) is 4.98 Å². The second-order valence-electron chi connectivity index (χ2n) is 4.72. The molecule has 0 fully saturated rings. The Labute approximate surface area is 123 Å². The van der Waals surface area contributed by atoms with Gasteiger partial charge in [-0.1, -0.05) is 6.07 Å². The van der Waals surface area contributed by atoms with Gasteiger partial charge in [-0.2, -0.15) is 0 Å². The van der Waals surface area contributed by atoms with E-state index in [1.165, 1.54) is 13.3 Å². The number of ether oxygens (including phenoxy) is 1. The molecule has 0 aliphatic carbocycles. The molecule has 2 aromatic rings. The lowest BCUT2D eigenvalue weighted by Crippen LogP contribution is -2.09. The molecule has 0 spiro atoms. The van der Waals surface area contributed by atoms with E-state index in [0.29, 0.717) is 11.4 Å². The summed E-state index contributed by atoms with van der Waals surface area (Å²) in [6.45, 7) is 0. The maximum atomic E-state index is 11.6. The third-order valence-corrected chi connectivity index (χ3v) is 2.98. The van der Waals surface area contributed by atoms with Crippen LogP contribution in [0.25, 0.3) is 0 Å². The summed E-state index contributed by atoms with van der Waals surface area (Å²) in [5.41, 5.74) is 8.23. The minimum Gasteiger partial charge on any atom is -0.465 e. The van der Waals surface area contributed by atoms with Crippen molar-refractivity contribution in [2.75, 3.05) is 37.2 Å². The number of nitrogens with one attached hydrogen (secondary N) is 1. The number of carbonyl (C=O) groups is 1. The molecule has 0 unspecified atom stereocenters. The molecule has 1 aromatic carbocycles. The molecule has 0 saturated carbocycles. The van der Waals surface area contributed by atoms with Crippen molar-refractivity contribution >= 4 is 28.8 Å². The number of carbonyl (C=O) groups excluding carboxylic acids is 1. The average Bonchev–Trinajstić information content (AvgIpc) is 2.48. The molecule has 0 radical (unpaired) electrons. The van der Waals surface area contributed by atoms with Gasteiger partial charge in [-0.15, -0.1) is 0 Å². The predicted molar refractivity (Wildman–Crippen MR) is 84.0 cm³/mol. The number of benzene rings is 1. The minimum atomic E-state index is -0.486. The van der Waals surface area contributed by atoms with Crippen LogP contribution in [0.5, 0.6) is 0 Å². The number of anilines is 4. The lowest BCUT2D eigenvalue weighted by atomic mass is 10.2. The first-order valence-electron chi connectivity index (χ1n) is 6.39. The van der Waals surface area contributed by atoms with Gasteiger partial charge in [0.15, 0.2) is 0 Å². The van der Waals surface area contributed by atoms with Crippen LogP contribution in [-0.4, -0.2) is 32.2 Å². The molecule has 110 valence electrons. The SMILES string of the molecule is COC(=O)c1cc(Nc2cccc(N(C)C)c2)ncc1N. The van der Waals surface area contributed by atoms with E-state index in [1.807, 2.05) is 43.3 Å². The van der Waals surface area contributed by atoms with Crippen LogP contribution >= 0.6 is 0 Å². The molecular formula is C15H18N4O2. The topological polar surface area (TPSA) is 80.5 Å². The van der Waals surface area contributed by atoms with Crippen molar-refractivity contribution in [3.05, 3.63) is 42.1 Å². The summed E-state index contributed by atoms with van der Waals surface area (Å²) in [6, 6.07) is 9.42. The Morgan fingerprint density at radius 2 is 2.10 bits per heavy atom. The molecule has 0 aliphatic heterocycles. The first-order chi connectivity index (χ1) is 10.0. The van der Waals surface area contributed by atoms with Gasteiger partial charge in [0, 0.05) is 25.5 Å². The van der Waals surface area contributed by atoms with E-state index < -0.39 is 5.97 Å². The van der Waals surface area contributed by atoms with Crippen molar-refractivity contribution in [2.45, 2.75) is 0 Å². The fourth-order valence-corrected chi connectivity index (χ4v) is 1.83. The zero-order valence-corrected chi connectivity index (χ0v) is 12.3. The lowest BCUT2D eigenvalue weighted by Gasteiger charge is -2.14. The number of esters is 1. The van der Waals surface area contributed by atoms with Crippen molar-refractivity contribution in [3.8, 4) is 0 Å². The summed E-state index contributed by atoms with van der Waals surface area (Å²) < 4.78 is 4.69. The van der Waals surface area contributed by atoms with Crippen LogP contribution in [0.4, 0.5) is 22.9 Å². The Morgan fingerprint density at radius 1 is 1.33 bits per heavy atom. The van der Waals surface area contributed by atoms with Gasteiger partial charge in [0.05, 0.1) is 24.6 Å². The number of nitrogens with two attached hydrogens (primary N) is 1. The summed E-state index contributed by atoms with van der Waals surface area (Å²) in [6.07, 6.45) is 1.43. The number of aromatic nitrogens is 1. The molecule has 0 aliphatic rings. The van der Waals surface area contributed by atoms with Gasteiger partial charge in [0.25, 0.3) is 0 Å². The smallest absolute Gasteiger partial charge is 0.340 e. The molecule has 0 saturated heterocycles.